The molecular weight excluding hydrogens is 326 g/mol. The Hall–Kier alpha value is -0.660. The monoisotopic (exact) mass is 345 g/mol. The van der Waals surface area contributed by atoms with Crippen molar-refractivity contribution in [1.82, 2.24) is 4.72 Å². The Morgan fingerprint density at radius 2 is 1.91 bits per heavy atom. The van der Waals surface area contributed by atoms with E-state index in [9.17, 15) is 8.42 Å². The first kappa shape index (κ1) is 16.2. The molecule has 0 bridgehead atoms. The molecule has 7 heteroatoms. The van der Waals surface area contributed by atoms with Gasteiger partial charge in [0.15, 0.2) is 0 Å². The van der Waals surface area contributed by atoms with Crippen LogP contribution >= 0.6 is 11.6 Å². The van der Waals surface area contributed by atoms with Crippen LogP contribution in [0.4, 0.5) is 0 Å². The van der Waals surface area contributed by atoms with E-state index in [2.05, 4.69) is 4.72 Å². The second-order valence-corrected chi connectivity index (χ2v) is 7.98. The van der Waals surface area contributed by atoms with Crippen molar-refractivity contribution in [3.05, 3.63) is 28.8 Å². The summed E-state index contributed by atoms with van der Waals surface area (Å²) in [7, 11) is -3.57. The van der Waals surface area contributed by atoms with Gasteiger partial charge in [0.25, 0.3) is 0 Å². The summed E-state index contributed by atoms with van der Waals surface area (Å²) in [6, 6.07) is 4.65. The molecule has 3 rings (SSSR count). The Balaban J connectivity index is 1.70. The second-order valence-electron chi connectivity index (χ2n) is 5.86. The van der Waals surface area contributed by atoms with Gasteiger partial charge in [0, 0.05) is 11.1 Å². The van der Waals surface area contributed by atoms with Crippen molar-refractivity contribution < 1.29 is 17.9 Å². The van der Waals surface area contributed by atoms with Crippen LogP contribution in [0.3, 0.4) is 0 Å². The molecule has 0 aromatic heterocycles. The highest BCUT2D eigenvalue weighted by Gasteiger charge is 2.35. The highest BCUT2D eigenvalue weighted by atomic mass is 35.5. The van der Waals surface area contributed by atoms with Gasteiger partial charge in [-0.05, 0) is 43.9 Å². The fourth-order valence-electron chi connectivity index (χ4n) is 3.00. The number of sulfonamides is 1. The van der Waals surface area contributed by atoms with Crippen LogP contribution in [0.5, 0.6) is 0 Å². The standard InChI is InChI=1S/C15H20ClNO4S/c1-10-2-4-12(9-13(10)16)22(18,19)17-11-3-5-14-15(8-11)21-7-6-20-14/h2,4,9,11,14-15,17H,3,5-8H2,1H3/t11-,14-,15-/m1/s1. The summed E-state index contributed by atoms with van der Waals surface area (Å²) in [5.41, 5.74) is 0.855. The van der Waals surface area contributed by atoms with Crippen LogP contribution in [0.1, 0.15) is 24.8 Å². The minimum absolute atomic E-state index is 0.0168. The number of hydrogen-bond donors (Lipinski definition) is 1. The number of fused-ring (bicyclic) bond motifs is 1. The van der Waals surface area contributed by atoms with E-state index >= 15 is 0 Å². The minimum atomic E-state index is -3.57. The molecular formula is C15H20ClNO4S. The van der Waals surface area contributed by atoms with Gasteiger partial charge in [-0.2, -0.15) is 0 Å². The van der Waals surface area contributed by atoms with Crippen molar-refractivity contribution in [3.63, 3.8) is 0 Å². The zero-order chi connectivity index (χ0) is 15.7. The van der Waals surface area contributed by atoms with E-state index < -0.39 is 10.0 Å². The zero-order valence-corrected chi connectivity index (χ0v) is 14.0. The molecule has 1 aromatic rings. The first-order valence-electron chi connectivity index (χ1n) is 7.47. The smallest absolute Gasteiger partial charge is 0.240 e. The van der Waals surface area contributed by atoms with Crippen LogP contribution in [-0.2, 0) is 19.5 Å². The van der Waals surface area contributed by atoms with Crippen molar-refractivity contribution in [3.8, 4) is 0 Å². The van der Waals surface area contributed by atoms with Crippen LogP contribution in [-0.4, -0.2) is 39.9 Å². The third-order valence-electron chi connectivity index (χ3n) is 4.25. The lowest BCUT2D eigenvalue weighted by Crippen LogP contribution is -2.49. The predicted molar refractivity (Wildman–Crippen MR) is 83.6 cm³/mol. The summed E-state index contributed by atoms with van der Waals surface area (Å²) >= 11 is 6.03. The highest BCUT2D eigenvalue weighted by Crippen LogP contribution is 2.28. The van der Waals surface area contributed by atoms with Crippen molar-refractivity contribution in [2.24, 2.45) is 0 Å². The van der Waals surface area contributed by atoms with Gasteiger partial charge < -0.3 is 9.47 Å². The molecule has 122 valence electrons. The van der Waals surface area contributed by atoms with E-state index in [0.717, 1.165) is 18.4 Å². The predicted octanol–water partition coefficient (Wildman–Crippen LogP) is 2.26. The molecule has 0 amide bonds. The van der Waals surface area contributed by atoms with Gasteiger partial charge in [0.2, 0.25) is 10.0 Å². The van der Waals surface area contributed by atoms with Gasteiger partial charge in [-0.15, -0.1) is 0 Å². The van der Waals surface area contributed by atoms with E-state index in [1.807, 2.05) is 6.92 Å². The Kier molecular flexibility index (Phi) is 4.75. The van der Waals surface area contributed by atoms with Gasteiger partial charge in [0.05, 0.1) is 30.3 Å². The van der Waals surface area contributed by atoms with Crippen LogP contribution in [0, 0.1) is 6.92 Å². The molecule has 3 atom stereocenters. The third-order valence-corrected chi connectivity index (χ3v) is 6.18. The summed E-state index contributed by atoms with van der Waals surface area (Å²) in [4.78, 5) is 0.200. The number of nitrogens with one attached hydrogen (secondary N) is 1. The number of hydrogen-bond acceptors (Lipinski definition) is 4. The SMILES string of the molecule is Cc1ccc(S(=O)(=O)N[C@@H]2CC[C@H]3OCCO[C@@H]3C2)cc1Cl. The van der Waals surface area contributed by atoms with Gasteiger partial charge in [-0.3, -0.25) is 0 Å². The molecule has 1 N–H and O–H groups in total. The molecule has 1 aromatic carbocycles. The molecule has 1 saturated heterocycles. The lowest BCUT2D eigenvalue weighted by molar-refractivity contribution is -0.156. The summed E-state index contributed by atoms with van der Waals surface area (Å²) < 4.78 is 39.1. The minimum Gasteiger partial charge on any atom is -0.373 e. The molecule has 1 aliphatic heterocycles. The maximum Gasteiger partial charge on any atom is 0.240 e. The quantitative estimate of drug-likeness (QED) is 0.912. The Morgan fingerprint density at radius 3 is 2.64 bits per heavy atom. The van der Waals surface area contributed by atoms with E-state index in [1.165, 1.54) is 6.07 Å². The maximum absolute atomic E-state index is 12.5. The number of aryl methyl sites for hydroxylation is 1. The second kappa shape index (κ2) is 6.45. The van der Waals surface area contributed by atoms with Crippen molar-refractivity contribution in [2.75, 3.05) is 13.2 Å². The average molecular weight is 346 g/mol. The zero-order valence-electron chi connectivity index (χ0n) is 12.4. The van der Waals surface area contributed by atoms with E-state index in [0.29, 0.717) is 24.7 Å². The number of rotatable bonds is 3. The first-order valence-corrected chi connectivity index (χ1v) is 9.33. The molecule has 0 unspecified atom stereocenters. The first-order chi connectivity index (χ1) is 10.5. The van der Waals surface area contributed by atoms with Gasteiger partial charge in [0.1, 0.15) is 0 Å². The number of benzene rings is 1. The van der Waals surface area contributed by atoms with Crippen LogP contribution in [0.15, 0.2) is 23.1 Å². The number of ether oxygens (including phenoxy) is 2. The molecule has 2 aliphatic rings. The average Bonchev–Trinajstić information content (AvgIpc) is 2.49. The molecule has 1 saturated carbocycles. The van der Waals surface area contributed by atoms with Crippen molar-refractivity contribution >= 4 is 21.6 Å². The summed E-state index contributed by atoms with van der Waals surface area (Å²) in [6.07, 6.45) is 2.29. The van der Waals surface area contributed by atoms with Crippen LogP contribution in [0.2, 0.25) is 5.02 Å². The van der Waals surface area contributed by atoms with Gasteiger partial charge in [-0.1, -0.05) is 17.7 Å². The summed E-state index contributed by atoms with van der Waals surface area (Å²) in [5.74, 6) is 0. The largest absolute Gasteiger partial charge is 0.373 e. The Labute approximate surface area is 136 Å². The van der Waals surface area contributed by atoms with Gasteiger partial charge >= 0.3 is 0 Å². The molecule has 2 fully saturated rings. The van der Waals surface area contributed by atoms with Crippen LogP contribution in [0.25, 0.3) is 0 Å². The fourth-order valence-corrected chi connectivity index (χ4v) is 4.56. The summed E-state index contributed by atoms with van der Waals surface area (Å²) in [6.45, 7) is 3.04. The van der Waals surface area contributed by atoms with Crippen molar-refractivity contribution in [1.29, 1.82) is 0 Å². The molecule has 5 nitrogen and oxygen atoms in total. The Morgan fingerprint density at radius 1 is 1.18 bits per heavy atom. The molecule has 1 heterocycles. The highest BCUT2D eigenvalue weighted by molar-refractivity contribution is 7.89. The van der Waals surface area contributed by atoms with E-state index in [-0.39, 0.29) is 23.1 Å². The molecule has 0 spiro atoms. The van der Waals surface area contributed by atoms with Crippen molar-refractivity contribution in [2.45, 2.75) is 49.3 Å². The molecule has 0 radical (unpaired) electrons. The normalized spacial score (nSPS) is 29.1. The topological polar surface area (TPSA) is 64.6 Å². The molecule has 22 heavy (non-hydrogen) atoms. The van der Waals surface area contributed by atoms with E-state index in [1.54, 1.807) is 12.1 Å². The summed E-state index contributed by atoms with van der Waals surface area (Å²) in [5, 5.41) is 0.454. The number of halogens is 1. The lowest BCUT2D eigenvalue weighted by atomic mass is 9.90. The third kappa shape index (κ3) is 3.46. The molecule has 1 aliphatic carbocycles. The fraction of sp³-hybridized carbons (Fsp3) is 0.600. The lowest BCUT2D eigenvalue weighted by Gasteiger charge is -2.38. The Bertz CT molecular complexity index is 649. The maximum atomic E-state index is 12.5. The van der Waals surface area contributed by atoms with E-state index in [4.69, 9.17) is 21.1 Å². The van der Waals surface area contributed by atoms with Gasteiger partial charge in [-0.25, -0.2) is 13.1 Å². The van der Waals surface area contributed by atoms with Crippen LogP contribution < -0.4 is 4.72 Å².